The summed E-state index contributed by atoms with van der Waals surface area (Å²) in [6, 6.07) is 21.5. The van der Waals surface area contributed by atoms with Crippen LogP contribution in [0.3, 0.4) is 0 Å². The molecule has 3 aromatic carbocycles. The van der Waals surface area contributed by atoms with Gasteiger partial charge in [-0.3, -0.25) is 29.4 Å². The summed E-state index contributed by atoms with van der Waals surface area (Å²) < 4.78 is 47.4. The van der Waals surface area contributed by atoms with E-state index < -0.39 is 28.2 Å². The Hall–Kier alpha value is -4.15. The number of thioether (sulfide) groups is 1. The second-order valence-electron chi connectivity index (χ2n) is 16.6. The molecule has 2 heterocycles. The topological polar surface area (TPSA) is 120 Å². The molecule has 15 heteroatoms. The van der Waals surface area contributed by atoms with Crippen LogP contribution in [0.5, 0.6) is 0 Å². The number of ether oxygens (including phenoxy) is 1. The van der Waals surface area contributed by atoms with Gasteiger partial charge in [0.25, 0.3) is 11.6 Å². The molecule has 324 valence electrons. The number of nitro benzene ring substituents is 1. The van der Waals surface area contributed by atoms with Gasteiger partial charge in [-0.1, -0.05) is 49.8 Å². The molecular weight excluding hydrogens is 807 g/mol. The van der Waals surface area contributed by atoms with Crippen LogP contribution in [-0.2, 0) is 15.7 Å². The Morgan fingerprint density at radius 1 is 0.983 bits per heavy atom. The summed E-state index contributed by atoms with van der Waals surface area (Å²) in [5.41, 5.74) is 4.90. The molecule has 0 saturated carbocycles. The lowest BCUT2D eigenvalue weighted by Crippen LogP contribution is -2.47. The highest BCUT2D eigenvalue weighted by atomic mass is 32.2. The van der Waals surface area contributed by atoms with E-state index in [-0.39, 0.29) is 28.5 Å². The molecule has 3 aromatic rings. The summed E-state index contributed by atoms with van der Waals surface area (Å²) in [5.74, 6) is 0.138. The van der Waals surface area contributed by atoms with E-state index in [1.54, 1.807) is 36.0 Å². The van der Waals surface area contributed by atoms with Gasteiger partial charge in [-0.15, -0.1) is 11.8 Å². The van der Waals surface area contributed by atoms with E-state index in [0.29, 0.717) is 36.6 Å². The SMILES string of the molecule is C=C(CCC(F)F)C1=C(CN2CCN(c3ccc(C(=O)NS(=O)c4ccc(NC(CCN5CCOCC5)CSc5ccccc5)c([N+](=O)[O-])c4)cc3)CC2)CCC(C)(C)C1. The Morgan fingerprint density at radius 2 is 1.70 bits per heavy atom. The van der Waals surface area contributed by atoms with Crippen molar-refractivity contribution in [1.29, 1.82) is 0 Å². The fourth-order valence-electron chi connectivity index (χ4n) is 7.97. The summed E-state index contributed by atoms with van der Waals surface area (Å²) >= 11 is 1.68. The number of piperazine rings is 1. The number of hydrogen-bond acceptors (Lipinski definition) is 10. The van der Waals surface area contributed by atoms with Crippen LogP contribution in [-0.4, -0.2) is 109 Å². The first kappa shape index (κ1) is 45.4. The minimum Gasteiger partial charge on any atom is -0.379 e. The standard InChI is InChI=1S/C45H58F2N6O5S2/c1-33(9-16-43(46)47)40-30-45(2,3)19-17-35(40)31-51-21-23-52(24-22-51)37-12-10-34(11-13-37)44(54)49-60(57)39-14-15-41(42(29-39)53(55)56)48-36(18-20-50-25-27-58-28-26-50)32-59-38-7-5-4-6-8-38/h4-8,10-15,29,36,43,48H,1,9,16-28,30-32H2,2-3H3,(H,49,54). The molecule has 0 radical (unpaired) electrons. The number of morpholine rings is 1. The van der Waals surface area contributed by atoms with E-state index in [1.165, 1.54) is 17.2 Å². The number of nitrogens with zero attached hydrogens (tertiary/aromatic N) is 4. The summed E-state index contributed by atoms with van der Waals surface area (Å²) in [6.07, 6.45) is 1.49. The number of alkyl halides is 2. The van der Waals surface area contributed by atoms with E-state index >= 15 is 0 Å². The molecule has 11 nitrogen and oxygen atoms in total. The highest BCUT2D eigenvalue weighted by Gasteiger charge is 2.30. The smallest absolute Gasteiger partial charge is 0.293 e. The number of allylic oxidation sites excluding steroid dienone is 2. The van der Waals surface area contributed by atoms with Crippen molar-refractivity contribution < 1.29 is 27.4 Å². The number of nitro groups is 1. The molecule has 3 aliphatic rings. The minimum atomic E-state index is -2.33. The van der Waals surface area contributed by atoms with E-state index in [1.807, 2.05) is 42.5 Å². The van der Waals surface area contributed by atoms with Crippen molar-refractivity contribution in [2.45, 2.75) is 74.6 Å². The van der Waals surface area contributed by atoms with Crippen molar-refractivity contribution in [2.24, 2.45) is 5.41 Å². The maximum absolute atomic E-state index is 13.4. The Balaban J connectivity index is 1.03. The highest BCUT2D eigenvalue weighted by Crippen LogP contribution is 2.42. The molecule has 2 saturated heterocycles. The van der Waals surface area contributed by atoms with Gasteiger partial charge in [-0.25, -0.2) is 13.0 Å². The maximum Gasteiger partial charge on any atom is 0.293 e. The van der Waals surface area contributed by atoms with E-state index in [9.17, 15) is 27.9 Å². The number of nitrogens with one attached hydrogen (secondary N) is 2. The molecule has 2 fully saturated rings. The minimum absolute atomic E-state index is 0.0840. The van der Waals surface area contributed by atoms with Crippen LogP contribution >= 0.6 is 11.8 Å². The number of rotatable bonds is 19. The van der Waals surface area contributed by atoms with E-state index in [2.05, 4.69) is 45.2 Å². The molecule has 2 unspecified atom stereocenters. The van der Waals surface area contributed by atoms with Crippen LogP contribution in [0.4, 0.5) is 25.8 Å². The molecule has 2 aliphatic heterocycles. The summed E-state index contributed by atoms with van der Waals surface area (Å²) in [7, 11) is -2.04. The quantitative estimate of drug-likeness (QED) is 0.0689. The maximum atomic E-state index is 13.4. The van der Waals surface area contributed by atoms with Crippen LogP contribution in [0.2, 0.25) is 0 Å². The second kappa shape index (κ2) is 21.6. The number of benzene rings is 3. The number of amides is 1. The van der Waals surface area contributed by atoms with Gasteiger partial charge in [0.05, 0.1) is 23.0 Å². The first-order valence-electron chi connectivity index (χ1n) is 20.8. The van der Waals surface area contributed by atoms with Crippen molar-refractivity contribution in [2.75, 3.05) is 81.5 Å². The highest BCUT2D eigenvalue weighted by molar-refractivity contribution is 7.99. The van der Waals surface area contributed by atoms with Gasteiger partial charge >= 0.3 is 0 Å². The third-order valence-electron chi connectivity index (χ3n) is 11.6. The average molecular weight is 865 g/mol. The number of halogens is 2. The number of anilines is 2. The molecule has 1 aliphatic carbocycles. The van der Waals surface area contributed by atoms with Gasteiger partial charge in [-0.05, 0) is 91.6 Å². The zero-order valence-corrected chi connectivity index (χ0v) is 36.3. The van der Waals surface area contributed by atoms with Crippen LogP contribution in [0.15, 0.2) is 106 Å². The predicted octanol–water partition coefficient (Wildman–Crippen LogP) is 8.57. The molecular formula is C45H58F2N6O5S2. The summed E-state index contributed by atoms with van der Waals surface area (Å²) in [4.78, 5) is 33.3. The monoisotopic (exact) mass is 864 g/mol. The lowest BCUT2D eigenvalue weighted by atomic mass is 9.72. The Kier molecular flexibility index (Phi) is 16.3. The van der Waals surface area contributed by atoms with Crippen LogP contribution in [0.1, 0.15) is 62.7 Å². The molecule has 2 N–H and O–H groups in total. The molecule has 2 atom stereocenters. The lowest BCUT2D eigenvalue weighted by molar-refractivity contribution is -0.384. The third-order valence-corrected chi connectivity index (χ3v) is 13.8. The van der Waals surface area contributed by atoms with Crippen LogP contribution in [0, 0.1) is 15.5 Å². The Morgan fingerprint density at radius 3 is 2.38 bits per heavy atom. The van der Waals surface area contributed by atoms with Crippen LogP contribution in [0.25, 0.3) is 0 Å². The Labute approximate surface area is 359 Å². The molecule has 6 rings (SSSR count). The van der Waals surface area contributed by atoms with Crippen LogP contribution < -0.4 is 14.9 Å². The van der Waals surface area contributed by atoms with Gasteiger partial charge in [-0.2, -0.15) is 0 Å². The van der Waals surface area contributed by atoms with Gasteiger partial charge < -0.3 is 15.0 Å². The van der Waals surface area contributed by atoms with Gasteiger partial charge in [0.15, 0.2) is 11.0 Å². The van der Waals surface area contributed by atoms with Crippen molar-refractivity contribution in [1.82, 2.24) is 14.5 Å². The number of hydrogen-bond donors (Lipinski definition) is 2. The summed E-state index contributed by atoms with van der Waals surface area (Å²) in [5, 5.41) is 15.7. The molecule has 60 heavy (non-hydrogen) atoms. The molecule has 0 spiro atoms. The van der Waals surface area contributed by atoms with Gasteiger partial charge in [0, 0.05) is 92.8 Å². The predicted molar refractivity (Wildman–Crippen MR) is 238 cm³/mol. The molecule has 0 bridgehead atoms. The third kappa shape index (κ3) is 13.2. The molecule has 0 aromatic heterocycles. The Bertz CT molecular complexity index is 1990. The summed E-state index contributed by atoms with van der Waals surface area (Å²) in [6.45, 7) is 16.7. The zero-order chi connectivity index (χ0) is 42.6. The first-order chi connectivity index (χ1) is 28.8. The molecule has 1 amide bonds. The number of carbonyl (C=O) groups excluding carboxylic acids is 1. The van der Waals surface area contributed by atoms with Gasteiger partial charge in [0.2, 0.25) is 6.43 Å². The lowest BCUT2D eigenvalue weighted by Gasteiger charge is -2.39. The second-order valence-corrected chi connectivity index (χ2v) is 18.9. The van der Waals surface area contributed by atoms with Crippen molar-refractivity contribution in [3.63, 3.8) is 0 Å². The number of carbonyl (C=O) groups is 1. The van der Waals surface area contributed by atoms with Crippen molar-refractivity contribution in [3.05, 3.63) is 112 Å². The van der Waals surface area contributed by atoms with E-state index in [0.717, 1.165) is 94.2 Å². The van der Waals surface area contributed by atoms with Crippen molar-refractivity contribution >= 4 is 45.7 Å². The first-order valence-corrected chi connectivity index (χ1v) is 23.0. The van der Waals surface area contributed by atoms with Gasteiger partial charge in [0.1, 0.15) is 5.69 Å². The van der Waals surface area contributed by atoms with Crippen molar-refractivity contribution in [3.8, 4) is 0 Å². The largest absolute Gasteiger partial charge is 0.379 e. The fraction of sp³-hybridized carbons (Fsp3) is 0.489. The zero-order valence-electron chi connectivity index (χ0n) is 34.7. The average Bonchev–Trinajstić information content (AvgIpc) is 3.25. The normalized spacial score (nSPS) is 18.6. The fourth-order valence-corrected chi connectivity index (χ4v) is 9.78. The van der Waals surface area contributed by atoms with E-state index in [4.69, 9.17) is 4.74 Å².